The summed E-state index contributed by atoms with van der Waals surface area (Å²) in [5.41, 5.74) is 1.75. The molecule has 2 aromatic heterocycles. The van der Waals surface area contributed by atoms with Crippen LogP contribution in [-0.4, -0.2) is 44.0 Å². The summed E-state index contributed by atoms with van der Waals surface area (Å²) in [5.74, 6) is 0.966. The summed E-state index contributed by atoms with van der Waals surface area (Å²) < 4.78 is 6.92. The van der Waals surface area contributed by atoms with Crippen LogP contribution in [0.2, 0.25) is 5.02 Å². The summed E-state index contributed by atoms with van der Waals surface area (Å²) >= 11 is 6.98. The Labute approximate surface area is 158 Å². The van der Waals surface area contributed by atoms with Gasteiger partial charge < -0.3 is 10.1 Å². The van der Waals surface area contributed by atoms with Crippen molar-refractivity contribution in [2.24, 2.45) is 0 Å². The Morgan fingerprint density at radius 1 is 1.35 bits per heavy atom. The molecule has 26 heavy (non-hydrogen) atoms. The normalized spacial score (nSPS) is 10.6. The van der Waals surface area contributed by atoms with Gasteiger partial charge in [-0.05, 0) is 47.2 Å². The lowest BCUT2D eigenvalue weighted by atomic mass is 10.2. The first-order chi connectivity index (χ1) is 12.6. The van der Waals surface area contributed by atoms with Gasteiger partial charge in [0.25, 0.3) is 0 Å². The zero-order valence-electron chi connectivity index (χ0n) is 14.0. The molecule has 134 valence electrons. The molecule has 1 N–H and O–H groups in total. The Morgan fingerprint density at radius 3 is 2.92 bits per heavy atom. The number of hydrogen-bond acceptors (Lipinski definition) is 7. The number of aromatic nitrogens is 5. The summed E-state index contributed by atoms with van der Waals surface area (Å²) in [7, 11) is 1.58. The average molecular weight is 391 g/mol. The molecular formula is C16H15ClN6O2S. The van der Waals surface area contributed by atoms with Gasteiger partial charge in [-0.3, -0.25) is 4.79 Å². The molecule has 0 aliphatic heterocycles. The predicted molar refractivity (Wildman–Crippen MR) is 99.0 cm³/mol. The summed E-state index contributed by atoms with van der Waals surface area (Å²) in [6.45, 7) is 1.96. The van der Waals surface area contributed by atoms with Crippen molar-refractivity contribution in [1.29, 1.82) is 0 Å². The molecule has 0 aliphatic carbocycles. The first-order valence-electron chi connectivity index (χ1n) is 7.54. The minimum atomic E-state index is -0.226. The average Bonchev–Trinajstić information content (AvgIpc) is 3.10. The van der Waals surface area contributed by atoms with Gasteiger partial charge in [-0.25, -0.2) is 4.98 Å². The lowest BCUT2D eigenvalue weighted by molar-refractivity contribution is -0.113. The maximum absolute atomic E-state index is 12.1. The number of methoxy groups -OCH3 is 1. The summed E-state index contributed by atoms with van der Waals surface area (Å²) in [6.07, 6.45) is 1.47. The van der Waals surface area contributed by atoms with Gasteiger partial charge >= 0.3 is 0 Å². The maximum atomic E-state index is 12.1. The first kappa shape index (κ1) is 18.2. The molecule has 0 aliphatic rings. The van der Waals surface area contributed by atoms with Crippen LogP contribution in [-0.2, 0) is 4.79 Å². The SMILES string of the molecule is COc1ccc(C)cc1-n1nnnc1SCC(=O)Nc1ccc(Cl)cn1. The van der Waals surface area contributed by atoms with Crippen molar-refractivity contribution in [1.82, 2.24) is 25.2 Å². The molecule has 3 rings (SSSR count). The number of nitrogens with one attached hydrogen (secondary N) is 1. The molecule has 10 heteroatoms. The Kier molecular flexibility index (Phi) is 5.69. The van der Waals surface area contributed by atoms with E-state index < -0.39 is 0 Å². The van der Waals surface area contributed by atoms with Gasteiger partial charge in [0.2, 0.25) is 11.1 Å². The maximum Gasteiger partial charge on any atom is 0.236 e. The molecule has 0 radical (unpaired) electrons. The highest BCUT2D eigenvalue weighted by atomic mass is 35.5. The van der Waals surface area contributed by atoms with Gasteiger partial charge in [0.1, 0.15) is 17.3 Å². The number of benzene rings is 1. The fourth-order valence-corrected chi connectivity index (χ4v) is 2.94. The number of ether oxygens (including phenoxy) is 1. The zero-order chi connectivity index (χ0) is 18.5. The van der Waals surface area contributed by atoms with E-state index in [1.807, 2.05) is 25.1 Å². The van der Waals surface area contributed by atoms with Crippen LogP contribution in [0, 0.1) is 6.92 Å². The topological polar surface area (TPSA) is 94.8 Å². The van der Waals surface area contributed by atoms with Gasteiger partial charge in [0.05, 0.1) is 17.9 Å². The van der Waals surface area contributed by atoms with Gasteiger partial charge in [-0.2, -0.15) is 4.68 Å². The number of rotatable bonds is 6. The number of anilines is 1. The van der Waals surface area contributed by atoms with E-state index in [1.54, 1.807) is 23.9 Å². The number of aryl methyl sites for hydroxylation is 1. The molecule has 0 fully saturated rings. The van der Waals surface area contributed by atoms with Crippen LogP contribution in [0.3, 0.4) is 0 Å². The second-order valence-corrected chi connectivity index (χ2v) is 6.63. The molecule has 0 bridgehead atoms. The number of pyridine rings is 1. The van der Waals surface area contributed by atoms with E-state index in [9.17, 15) is 4.79 Å². The molecule has 2 heterocycles. The number of hydrogen-bond donors (Lipinski definition) is 1. The number of thioether (sulfide) groups is 1. The van der Waals surface area contributed by atoms with Crippen molar-refractivity contribution in [2.45, 2.75) is 12.1 Å². The van der Waals surface area contributed by atoms with Crippen LogP contribution in [0.15, 0.2) is 41.7 Å². The van der Waals surface area contributed by atoms with Gasteiger partial charge in [-0.1, -0.05) is 29.4 Å². The Morgan fingerprint density at radius 2 is 2.19 bits per heavy atom. The Bertz CT molecular complexity index is 915. The highest BCUT2D eigenvalue weighted by Crippen LogP contribution is 2.27. The highest BCUT2D eigenvalue weighted by molar-refractivity contribution is 7.99. The van der Waals surface area contributed by atoms with Crippen molar-refractivity contribution in [3.63, 3.8) is 0 Å². The van der Waals surface area contributed by atoms with Crippen molar-refractivity contribution in [3.8, 4) is 11.4 Å². The van der Waals surface area contributed by atoms with Crippen LogP contribution in [0.1, 0.15) is 5.56 Å². The highest BCUT2D eigenvalue weighted by Gasteiger charge is 2.15. The third-order valence-corrected chi connectivity index (χ3v) is 4.47. The summed E-state index contributed by atoms with van der Waals surface area (Å²) in [4.78, 5) is 16.1. The molecular weight excluding hydrogens is 376 g/mol. The number of tetrazole rings is 1. The third-order valence-electron chi connectivity index (χ3n) is 3.33. The van der Waals surface area contributed by atoms with E-state index in [1.165, 1.54) is 18.0 Å². The van der Waals surface area contributed by atoms with Crippen LogP contribution in [0.4, 0.5) is 5.82 Å². The van der Waals surface area contributed by atoms with Crippen LogP contribution >= 0.6 is 23.4 Å². The number of carbonyl (C=O) groups is 1. The molecule has 8 nitrogen and oxygen atoms in total. The van der Waals surface area contributed by atoms with E-state index >= 15 is 0 Å². The van der Waals surface area contributed by atoms with Crippen molar-refractivity contribution in [2.75, 3.05) is 18.2 Å². The summed E-state index contributed by atoms with van der Waals surface area (Å²) in [5, 5.41) is 15.4. The molecule has 1 aromatic carbocycles. The van der Waals surface area contributed by atoms with E-state index in [-0.39, 0.29) is 11.7 Å². The van der Waals surface area contributed by atoms with Gasteiger partial charge in [-0.15, -0.1) is 5.10 Å². The molecule has 0 saturated heterocycles. The third kappa shape index (κ3) is 4.30. The minimum absolute atomic E-state index is 0.124. The minimum Gasteiger partial charge on any atom is -0.494 e. The second-order valence-electron chi connectivity index (χ2n) is 5.25. The van der Waals surface area contributed by atoms with E-state index in [0.29, 0.717) is 27.4 Å². The molecule has 0 spiro atoms. The fourth-order valence-electron chi connectivity index (χ4n) is 2.14. The van der Waals surface area contributed by atoms with Gasteiger partial charge in [0, 0.05) is 6.20 Å². The lowest BCUT2D eigenvalue weighted by Crippen LogP contribution is -2.15. The number of carbonyl (C=O) groups excluding carboxylic acids is 1. The second kappa shape index (κ2) is 8.15. The molecule has 0 unspecified atom stereocenters. The molecule has 0 atom stereocenters. The number of halogens is 1. The fraction of sp³-hybridized carbons (Fsp3) is 0.188. The van der Waals surface area contributed by atoms with Crippen LogP contribution in [0.25, 0.3) is 5.69 Å². The Balaban J connectivity index is 1.70. The van der Waals surface area contributed by atoms with E-state index in [4.69, 9.17) is 16.3 Å². The number of amides is 1. The standard InChI is InChI=1S/C16H15ClN6O2S/c1-10-3-5-13(25-2)12(7-10)23-16(20-21-22-23)26-9-15(24)19-14-6-4-11(17)8-18-14/h3-8H,9H2,1-2H3,(H,18,19,24). The van der Waals surface area contributed by atoms with Gasteiger partial charge in [0.15, 0.2) is 0 Å². The monoisotopic (exact) mass is 390 g/mol. The van der Waals surface area contributed by atoms with Crippen LogP contribution < -0.4 is 10.1 Å². The number of nitrogens with zero attached hydrogens (tertiary/aromatic N) is 5. The van der Waals surface area contributed by atoms with Crippen LogP contribution in [0.5, 0.6) is 5.75 Å². The van der Waals surface area contributed by atoms with Crippen molar-refractivity contribution in [3.05, 3.63) is 47.1 Å². The smallest absolute Gasteiger partial charge is 0.236 e. The molecule has 3 aromatic rings. The molecule has 1 amide bonds. The lowest BCUT2D eigenvalue weighted by Gasteiger charge is -2.10. The zero-order valence-corrected chi connectivity index (χ0v) is 15.6. The quantitative estimate of drug-likeness (QED) is 0.646. The Hall–Kier alpha value is -2.65. The summed E-state index contributed by atoms with van der Waals surface area (Å²) in [6, 6.07) is 8.98. The van der Waals surface area contributed by atoms with Crippen molar-refractivity contribution < 1.29 is 9.53 Å². The van der Waals surface area contributed by atoms with Crippen molar-refractivity contribution >= 4 is 35.1 Å². The van der Waals surface area contributed by atoms with E-state index in [0.717, 1.165) is 5.56 Å². The van der Waals surface area contributed by atoms with E-state index in [2.05, 4.69) is 25.8 Å². The first-order valence-corrected chi connectivity index (χ1v) is 8.91. The largest absolute Gasteiger partial charge is 0.494 e. The molecule has 0 saturated carbocycles. The predicted octanol–water partition coefficient (Wildman–Crippen LogP) is 2.76.